The molecule has 2 heterocycles. The summed E-state index contributed by atoms with van der Waals surface area (Å²) in [5.41, 5.74) is 0.326. The number of aryl methyl sites for hydroxylation is 2. The molecule has 0 aliphatic carbocycles. The summed E-state index contributed by atoms with van der Waals surface area (Å²) in [5.74, 6) is -0.568. The lowest BCUT2D eigenvalue weighted by atomic mass is 9.99. The van der Waals surface area contributed by atoms with Gasteiger partial charge in [-0.05, 0) is 63.2 Å². The highest BCUT2D eigenvalue weighted by atomic mass is 35.5. The minimum atomic E-state index is -4.10. The normalized spacial score (nSPS) is 18.7. The minimum absolute atomic E-state index is 0.0503. The fourth-order valence-corrected chi connectivity index (χ4v) is 7.40. The maximum atomic E-state index is 13.7. The summed E-state index contributed by atoms with van der Waals surface area (Å²) in [7, 11) is -6.56. The number of nitrogens with one attached hydrogen (secondary N) is 1. The molecular weight excluding hydrogens is 608 g/mol. The van der Waals surface area contributed by atoms with E-state index in [-0.39, 0.29) is 63.9 Å². The Labute approximate surface area is 250 Å². The van der Waals surface area contributed by atoms with Crippen LogP contribution in [0, 0.1) is 19.8 Å². The number of fused-ring (bicyclic) bond motifs is 1. The molecule has 1 aliphatic heterocycles. The molecule has 0 unspecified atom stereocenters. The molecular formula is C27H33ClN4O8S2. The van der Waals surface area contributed by atoms with Crippen molar-refractivity contribution in [3.05, 3.63) is 64.5 Å². The third-order valence-corrected chi connectivity index (χ3v) is 10.8. The molecule has 1 aliphatic rings. The number of sulfonamides is 2. The summed E-state index contributed by atoms with van der Waals surface area (Å²) in [5, 5.41) is 14.0. The largest absolute Gasteiger partial charge is 0.488 e. The number of ether oxygens (including phenoxy) is 1. The van der Waals surface area contributed by atoms with Gasteiger partial charge in [-0.3, -0.25) is 9.52 Å². The molecule has 0 radical (unpaired) electrons. The van der Waals surface area contributed by atoms with Crippen LogP contribution in [-0.2, 0) is 20.0 Å². The number of rotatable bonds is 9. The molecule has 3 aromatic rings. The molecule has 3 atom stereocenters. The first-order chi connectivity index (χ1) is 19.6. The molecule has 228 valence electrons. The van der Waals surface area contributed by atoms with Crippen molar-refractivity contribution in [3.8, 4) is 5.75 Å². The quantitative estimate of drug-likeness (QED) is 0.358. The number of likely N-dealkylation sites (N-methyl/N-ethyl adjacent to an activating group) is 1. The number of carbonyl (C=O) groups excluding carboxylic acids is 1. The Hall–Kier alpha value is -3.17. The Morgan fingerprint density at radius 1 is 1.17 bits per heavy atom. The topological polar surface area (TPSA) is 159 Å². The van der Waals surface area contributed by atoms with E-state index in [4.69, 9.17) is 20.9 Å². The molecule has 15 heteroatoms. The van der Waals surface area contributed by atoms with Gasteiger partial charge in [-0.15, -0.1) is 0 Å². The van der Waals surface area contributed by atoms with Crippen molar-refractivity contribution in [2.45, 2.75) is 49.6 Å². The Bertz CT molecular complexity index is 1660. The van der Waals surface area contributed by atoms with Crippen LogP contribution in [0.15, 0.2) is 56.8 Å². The lowest BCUT2D eigenvalue weighted by Gasteiger charge is -2.38. The highest BCUT2D eigenvalue weighted by molar-refractivity contribution is 7.92. The third kappa shape index (κ3) is 6.42. The molecule has 4 rings (SSSR count). The second kappa shape index (κ2) is 12.2. The Balaban J connectivity index is 1.69. The highest BCUT2D eigenvalue weighted by Crippen LogP contribution is 2.32. The van der Waals surface area contributed by atoms with Gasteiger partial charge in [0.05, 0.1) is 29.7 Å². The van der Waals surface area contributed by atoms with Crippen molar-refractivity contribution in [3.63, 3.8) is 0 Å². The summed E-state index contributed by atoms with van der Waals surface area (Å²) >= 11 is 5.92. The predicted octanol–water partition coefficient (Wildman–Crippen LogP) is 3.29. The van der Waals surface area contributed by atoms with Crippen molar-refractivity contribution >= 4 is 43.2 Å². The van der Waals surface area contributed by atoms with Crippen LogP contribution in [0.5, 0.6) is 5.75 Å². The molecule has 0 spiro atoms. The van der Waals surface area contributed by atoms with Gasteiger partial charge in [0.1, 0.15) is 17.5 Å². The first-order valence-electron chi connectivity index (χ1n) is 13.1. The van der Waals surface area contributed by atoms with Gasteiger partial charge >= 0.3 is 0 Å². The number of carbonyl (C=O) groups is 1. The van der Waals surface area contributed by atoms with Crippen LogP contribution < -0.4 is 9.46 Å². The predicted molar refractivity (Wildman–Crippen MR) is 156 cm³/mol. The van der Waals surface area contributed by atoms with Crippen LogP contribution in [0.25, 0.3) is 0 Å². The molecule has 0 saturated carbocycles. The zero-order valence-electron chi connectivity index (χ0n) is 23.7. The first kappa shape index (κ1) is 31.8. The van der Waals surface area contributed by atoms with Crippen molar-refractivity contribution in [1.29, 1.82) is 0 Å². The third-order valence-electron chi connectivity index (χ3n) is 7.11. The molecule has 42 heavy (non-hydrogen) atoms. The van der Waals surface area contributed by atoms with Gasteiger partial charge in [0.25, 0.3) is 15.9 Å². The standard InChI is InChI=1S/C27H33ClN4O8S2/c1-16-13-32(17(2)15-33)27(34)23-12-21(30-41(35,36)26-18(3)29-40-19(26)4)8-11-24(23)39-25(16)14-31(5)42(37,38)22-9-6-20(28)7-10-22/h6-12,16-17,25,30,33H,13-15H2,1-5H3/t16-,17+,25-/m1/s1. The number of aromatic nitrogens is 1. The summed E-state index contributed by atoms with van der Waals surface area (Å²) < 4.78 is 67.6. The average Bonchev–Trinajstić information content (AvgIpc) is 3.28. The molecule has 0 fully saturated rings. The summed E-state index contributed by atoms with van der Waals surface area (Å²) in [4.78, 5) is 15.1. The molecule has 0 bridgehead atoms. The number of hydrogen-bond acceptors (Lipinski definition) is 9. The number of nitrogens with zero attached hydrogens (tertiary/aromatic N) is 3. The Kier molecular flexibility index (Phi) is 9.23. The highest BCUT2D eigenvalue weighted by Gasteiger charge is 2.36. The van der Waals surface area contributed by atoms with Gasteiger partial charge in [-0.25, -0.2) is 16.8 Å². The number of benzene rings is 2. The van der Waals surface area contributed by atoms with E-state index in [1.165, 1.54) is 72.6 Å². The Morgan fingerprint density at radius 3 is 2.43 bits per heavy atom. The van der Waals surface area contributed by atoms with E-state index in [1.54, 1.807) is 6.92 Å². The van der Waals surface area contributed by atoms with Crippen LogP contribution in [-0.4, -0.2) is 81.1 Å². The number of aliphatic hydroxyl groups excluding tert-OH is 1. The number of halogens is 1. The van der Waals surface area contributed by atoms with Gasteiger partial charge < -0.3 is 19.3 Å². The number of aliphatic hydroxyl groups is 1. The van der Waals surface area contributed by atoms with E-state index in [1.807, 2.05) is 6.92 Å². The lowest BCUT2D eigenvalue weighted by molar-refractivity contribution is 0.0387. The van der Waals surface area contributed by atoms with E-state index in [9.17, 15) is 26.7 Å². The summed E-state index contributed by atoms with van der Waals surface area (Å²) in [6.45, 7) is 6.27. The summed E-state index contributed by atoms with van der Waals surface area (Å²) in [6, 6.07) is 9.49. The van der Waals surface area contributed by atoms with Crippen LogP contribution >= 0.6 is 11.6 Å². The van der Waals surface area contributed by atoms with Crippen LogP contribution in [0.1, 0.15) is 35.7 Å². The molecule has 2 N–H and O–H groups in total. The van der Waals surface area contributed by atoms with E-state index < -0.39 is 38.1 Å². The van der Waals surface area contributed by atoms with Crippen LogP contribution in [0.2, 0.25) is 5.02 Å². The zero-order chi connectivity index (χ0) is 31.0. The SMILES string of the molecule is Cc1noc(C)c1S(=O)(=O)Nc1ccc2c(c1)C(=O)N([C@@H](C)CO)C[C@@H](C)[C@@H](CN(C)S(=O)(=O)c1ccc(Cl)cc1)O2. The van der Waals surface area contributed by atoms with Crippen molar-refractivity contribution in [2.75, 3.05) is 31.5 Å². The fraction of sp³-hybridized carbons (Fsp3) is 0.407. The molecule has 12 nitrogen and oxygen atoms in total. The van der Waals surface area contributed by atoms with Crippen molar-refractivity contribution in [2.24, 2.45) is 5.92 Å². The fourth-order valence-electron chi connectivity index (χ4n) is 4.71. The number of anilines is 1. The maximum Gasteiger partial charge on any atom is 0.267 e. The molecule has 1 aromatic heterocycles. The first-order valence-corrected chi connectivity index (χ1v) is 16.4. The molecule has 1 amide bonds. The van der Waals surface area contributed by atoms with Gasteiger partial charge in [0.15, 0.2) is 10.7 Å². The average molecular weight is 641 g/mol. The number of hydrogen-bond donors (Lipinski definition) is 2. The second-order valence-corrected chi connectivity index (χ2v) is 14.4. The van der Waals surface area contributed by atoms with Gasteiger partial charge in [0.2, 0.25) is 10.0 Å². The van der Waals surface area contributed by atoms with E-state index >= 15 is 0 Å². The smallest absolute Gasteiger partial charge is 0.267 e. The summed E-state index contributed by atoms with van der Waals surface area (Å²) in [6.07, 6.45) is -0.706. The van der Waals surface area contributed by atoms with Crippen LogP contribution in [0.4, 0.5) is 5.69 Å². The Morgan fingerprint density at radius 2 is 1.83 bits per heavy atom. The number of amides is 1. The zero-order valence-corrected chi connectivity index (χ0v) is 26.1. The van der Waals surface area contributed by atoms with Crippen molar-refractivity contribution < 1.29 is 36.0 Å². The van der Waals surface area contributed by atoms with E-state index in [2.05, 4.69) is 9.88 Å². The monoisotopic (exact) mass is 640 g/mol. The van der Waals surface area contributed by atoms with Gasteiger partial charge in [-0.1, -0.05) is 23.7 Å². The maximum absolute atomic E-state index is 13.7. The second-order valence-electron chi connectivity index (χ2n) is 10.3. The minimum Gasteiger partial charge on any atom is -0.488 e. The molecule has 2 aromatic carbocycles. The lowest BCUT2D eigenvalue weighted by Crippen LogP contribution is -2.50. The van der Waals surface area contributed by atoms with E-state index in [0.29, 0.717) is 5.02 Å². The van der Waals surface area contributed by atoms with Crippen molar-refractivity contribution in [1.82, 2.24) is 14.4 Å². The van der Waals surface area contributed by atoms with Gasteiger partial charge in [0, 0.05) is 30.2 Å². The molecule has 0 saturated heterocycles. The van der Waals surface area contributed by atoms with E-state index in [0.717, 1.165) is 0 Å². The van der Waals surface area contributed by atoms with Gasteiger partial charge in [-0.2, -0.15) is 4.31 Å². The van der Waals surface area contributed by atoms with Crippen LogP contribution in [0.3, 0.4) is 0 Å².